The molecule has 0 aliphatic heterocycles. The first-order valence-corrected chi connectivity index (χ1v) is 7.40. The van der Waals surface area contributed by atoms with Crippen molar-refractivity contribution in [1.29, 1.82) is 5.26 Å². The van der Waals surface area contributed by atoms with Crippen molar-refractivity contribution in [3.05, 3.63) is 68.6 Å². The standard InChI is InChI=1S/C15H9Cl2N5O3/c16-11-4-3-10(22(24)25)6-13(11)21-15(23)9(7-18)8-20-12-2-1-5-19-14(12)17/h1-6,8,20H,(H,21,23)/b9-8-. The Balaban J connectivity index is 2.19. The maximum atomic E-state index is 12.2. The van der Waals surface area contributed by atoms with Gasteiger partial charge in [0.15, 0.2) is 5.15 Å². The summed E-state index contributed by atoms with van der Waals surface area (Å²) in [5.74, 6) is -0.794. The van der Waals surface area contributed by atoms with Gasteiger partial charge in [-0.3, -0.25) is 14.9 Å². The second-order valence-corrected chi connectivity index (χ2v) is 5.30. The van der Waals surface area contributed by atoms with Crippen LogP contribution in [0, 0.1) is 21.4 Å². The molecule has 126 valence electrons. The summed E-state index contributed by atoms with van der Waals surface area (Å²) in [6.45, 7) is 0. The molecule has 8 nitrogen and oxygen atoms in total. The smallest absolute Gasteiger partial charge is 0.271 e. The highest BCUT2D eigenvalue weighted by atomic mass is 35.5. The number of hydrogen-bond acceptors (Lipinski definition) is 6. The van der Waals surface area contributed by atoms with E-state index in [1.807, 2.05) is 0 Å². The number of nitriles is 1. The molecular formula is C15H9Cl2N5O3. The highest BCUT2D eigenvalue weighted by molar-refractivity contribution is 6.34. The van der Waals surface area contributed by atoms with Gasteiger partial charge in [-0.2, -0.15) is 5.26 Å². The van der Waals surface area contributed by atoms with Crippen molar-refractivity contribution in [1.82, 2.24) is 4.98 Å². The number of anilines is 2. The minimum atomic E-state index is -0.794. The Bertz CT molecular complexity index is 908. The number of amides is 1. The predicted octanol–water partition coefficient (Wildman–Crippen LogP) is 3.75. The number of nitro groups is 1. The number of benzene rings is 1. The number of rotatable bonds is 5. The fourth-order valence-corrected chi connectivity index (χ4v) is 2.04. The van der Waals surface area contributed by atoms with Gasteiger partial charge in [-0.1, -0.05) is 23.2 Å². The van der Waals surface area contributed by atoms with E-state index in [0.29, 0.717) is 5.69 Å². The number of nitrogens with one attached hydrogen (secondary N) is 2. The number of carbonyl (C=O) groups is 1. The first-order chi connectivity index (χ1) is 11.9. The van der Waals surface area contributed by atoms with Crippen molar-refractivity contribution in [2.75, 3.05) is 10.6 Å². The summed E-state index contributed by atoms with van der Waals surface area (Å²) >= 11 is 11.8. The number of pyridine rings is 1. The van der Waals surface area contributed by atoms with Crippen LogP contribution in [0.15, 0.2) is 48.3 Å². The van der Waals surface area contributed by atoms with Crippen LogP contribution < -0.4 is 10.6 Å². The number of nitrogens with zero attached hydrogens (tertiary/aromatic N) is 3. The zero-order valence-electron chi connectivity index (χ0n) is 12.4. The van der Waals surface area contributed by atoms with E-state index in [1.54, 1.807) is 18.2 Å². The molecule has 2 rings (SSSR count). The van der Waals surface area contributed by atoms with Gasteiger partial charge in [-0.15, -0.1) is 0 Å². The molecule has 0 unspecified atom stereocenters. The summed E-state index contributed by atoms with van der Waals surface area (Å²) in [5.41, 5.74) is -0.121. The first-order valence-electron chi connectivity index (χ1n) is 6.65. The molecule has 25 heavy (non-hydrogen) atoms. The van der Waals surface area contributed by atoms with Gasteiger partial charge < -0.3 is 10.6 Å². The molecule has 0 saturated carbocycles. The Hall–Kier alpha value is -3.15. The van der Waals surface area contributed by atoms with Gasteiger partial charge in [0, 0.05) is 24.5 Å². The van der Waals surface area contributed by atoms with Crippen molar-refractivity contribution < 1.29 is 9.72 Å². The molecule has 2 aromatic rings. The molecule has 1 aromatic heterocycles. The monoisotopic (exact) mass is 377 g/mol. The van der Waals surface area contributed by atoms with Gasteiger partial charge in [0.25, 0.3) is 11.6 Å². The minimum Gasteiger partial charge on any atom is -0.358 e. The van der Waals surface area contributed by atoms with Crippen LogP contribution in [-0.4, -0.2) is 15.8 Å². The fraction of sp³-hybridized carbons (Fsp3) is 0. The zero-order chi connectivity index (χ0) is 18.4. The second kappa shape index (κ2) is 8.10. The maximum absolute atomic E-state index is 12.2. The lowest BCUT2D eigenvalue weighted by atomic mass is 10.2. The molecule has 1 heterocycles. The molecule has 0 spiro atoms. The average Bonchev–Trinajstić information content (AvgIpc) is 2.58. The first kappa shape index (κ1) is 18.2. The summed E-state index contributed by atoms with van der Waals surface area (Å²) < 4.78 is 0. The zero-order valence-corrected chi connectivity index (χ0v) is 13.9. The quantitative estimate of drug-likeness (QED) is 0.269. The van der Waals surface area contributed by atoms with E-state index in [0.717, 1.165) is 12.3 Å². The molecule has 0 radical (unpaired) electrons. The molecule has 0 bridgehead atoms. The summed E-state index contributed by atoms with van der Waals surface area (Å²) in [6.07, 6.45) is 2.63. The van der Waals surface area contributed by atoms with Crippen molar-refractivity contribution >= 4 is 46.2 Å². The third-order valence-corrected chi connectivity index (χ3v) is 3.54. The molecular weight excluding hydrogens is 369 g/mol. The number of nitro benzene ring substituents is 1. The number of halogens is 2. The lowest BCUT2D eigenvalue weighted by Crippen LogP contribution is -2.15. The Morgan fingerprint density at radius 2 is 2.08 bits per heavy atom. The highest BCUT2D eigenvalue weighted by Crippen LogP contribution is 2.27. The third-order valence-electron chi connectivity index (χ3n) is 2.91. The van der Waals surface area contributed by atoms with Crippen LogP contribution >= 0.6 is 23.2 Å². The second-order valence-electron chi connectivity index (χ2n) is 4.53. The molecule has 10 heteroatoms. The molecule has 0 aliphatic rings. The van der Waals surface area contributed by atoms with E-state index in [4.69, 9.17) is 28.5 Å². The van der Waals surface area contributed by atoms with Gasteiger partial charge in [0.1, 0.15) is 11.6 Å². The van der Waals surface area contributed by atoms with Gasteiger partial charge in [-0.05, 0) is 18.2 Å². The Kier molecular flexibility index (Phi) is 5.89. The van der Waals surface area contributed by atoms with E-state index in [1.165, 1.54) is 18.3 Å². The van der Waals surface area contributed by atoms with Crippen molar-refractivity contribution in [2.24, 2.45) is 0 Å². The van der Waals surface area contributed by atoms with E-state index < -0.39 is 10.8 Å². The third kappa shape index (κ3) is 4.67. The van der Waals surface area contributed by atoms with Crippen LogP contribution in [0.25, 0.3) is 0 Å². The summed E-state index contributed by atoms with van der Waals surface area (Å²) in [6, 6.07) is 8.52. The average molecular weight is 378 g/mol. The predicted molar refractivity (Wildman–Crippen MR) is 93.3 cm³/mol. The number of non-ortho nitro benzene ring substituents is 1. The van der Waals surface area contributed by atoms with Crippen molar-refractivity contribution in [3.8, 4) is 6.07 Å². The largest absolute Gasteiger partial charge is 0.358 e. The SMILES string of the molecule is N#C/C(=C/Nc1cccnc1Cl)C(=O)Nc1cc([N+](=O)[O-])ccc1Cl. The Labute approximate surface area is 151 Å². The Morgan fingerprint density at radius 3 is 2.72 bits per heavy atom. The van der Waals surface area contributed by atoms with Gasteiger partial charge in [-0.25, -0.2) is 4.98 Å². The number of carbonyl (C=O) groups excluding carboxylic acids is 1. The number of hydrogen-bond donors (Lipinski definition) is 2. The van der Waals surface area contributed by atoms with E-state index in [-0.39, 0.29) is 27.1 Å². The van der Waals surface area contributed by atoms with Crippen LogP contribution in [0.5, 0.6) is 0 Å². The van der Waals surface area contributed by atoms with Crippen LogP contribution in [0.3, 0.4) is 0 Å². The lowest BCUT2D eigenvalue weighted by molar-refractivity contribution is -0.384. The summed E-state index contributed by atoms with van der Waals surface area (Å²) in [5, 5.41) is 25.2. The van der Waals surface area contributed by atoms with Crippen LogP contribution in [0.2, 0.25) is 10.2 Å². The van der Waals surface area contributed by atoms with E-state index >= 15 is 0 Å². The molecule has 0 fully saturated rings. The maximum Gasteiger partial charge on any atom is 0.271 e. The fourth-order valence-electron chi connectivity index (χ4n) is 1.70. The van der Waals surface area contributed by atoms with Gasteiger partial charge >= 0.3 is 0 Å². The normalized spacial score (nSPS) is 10.7. The lowest BCUT2D eigenvalue weighted by Gasteiger charge is -2.07. The van der Waals surface area contributed by atoms with Crippen molar-refractivity contribution in [3.63, 3.8) is 0 Å². The molecule has 1 amide bonds. The molecule has 0 atom stereocenters. The molecule has 2 N–H and O–H groups in total. The van der Waals surface area contributed by atoms with Crippen LogP contribution in [0.1, 0.15) is 0 Å². The van der Waals surface area contributed by atoms with Crippen LogP contribution in [-0.2, 0) is 4.79 Å². The summed E-state index contributed by atoms with van der Waals surface area (Å²) in [4.78, 5) is 26.2. The van der Waals surface area contributed by atoms with E-state index in [9.17, 15) is 14.9 Å². The molecule has 1 aromatic carbocycles. The van der Waals surface area contributed by atoms with E-state index in [2.05, 4.69) is 15.6 Å². The highest BCUT2D eigenvalue weighted by Gasteiger charge is 2.15. The minimum absolute atomic E-state index is 0.0152. The van der Waals surface area contributed by atoms with Crippen LogP contribution in [0.4, 0.5) is 17.1 Å². The number of aromatic nitrogens is 1. The van der Waals surface area contributed by atoms with Gasteiger partial charge in [0.05, 0.1) is 21.3 Å². The molecule has 0 saturated heterocycles. The summed E-state index contributed by atoms with van der Waals surface area (Å²) in [7, 11) is 0. The topological polar surface area (TPSA) is 121 Å². The Morgan fingerprint density at radius 1 is 1.32 bits per heavy atom. The van der Waals surface area contributed by atoms with Crippen molar-refractivity contribution in [2.45, 2.75) is 0 Å². The van der Waals surface area contributed by atoms with Gasteiger partial charge in [0.2, 0.25) is 0 Å². The molecule has 0 aliphatic carbocycles.